The molecule has 1 aromatic carbocycles. The van der Waals surface area contributed by atoms with Gasteiger partial charge in [0.05, 0.1) is 35.6 Å². The van der Waals surface area contributed by atoms with E-state index in [9.17, 15) is 9.90 Å². The number of hydrogen-bond acceptors (Lipinski definition) is 7. The minimum atomic E-state index is -0.462. The van der Waals surface area contributed by atoms with Crippen LogP contribution >= 0.6 is 22.9 Å². The zero-order chi connectivity index (χ0) is 24.2. The number of piperazine rings is 1. The smallest absolute Gasteiger partial charge is 0.229 e. The average molecular weight is 513 g/mol. The molecule has 4 atom stereocenters. The number of nitrogens with one attached hydrogen (secondary N) is 1. The lowest BCUT2D eigenvalue weighted by atomic mass is 9.95. The Labute approximate surface area is 213 Å². The van der Waals surface area contributed by atoms with Gasteiger partial charge in [-0.25, -0.2) is 4.98 Å². The van der Waals surface area contributed by atoms with Crippen LogP contribution < -0.4 is 10.2 Å². The van der Waals surface area contributed by atoms with E-state index in [4.69, 9.17) is 16.3 Å². The Hall–Kier alpha value is -2.23. The highest BCUT2D eigenvalue weighted by Crippen LogP contribution is 2.49. The van der Waals surface area contributed by atoms with Gasteiger partial charge < -0.3 is 20.1 Å². The Morgan fingerprint density at radius 2 is 2.09 bits per heavy atom. The molecule has 7 nitrogen and oxygen atoms in total. The summed E-state index contributed by atoms with van der Waals surface area (Å²) in [5.41, 5.74) is 0.651. The predicted octanol–water partition coefficient (Wildman–Crippen LogP) is 3.96. The van der Waals surface area contributed by atoms with Crippen molar-refractivity contribution < 1.29 is 14.6 Å². The molecule has 1 amide bonds. The highest BCUT2D eigenvalue weighted by atomic mass is 35.5. The number of carbonyl (C=O) groups is 1. The van der Waals surface area contributed by atoms with Gasteiger partial charge in [0.1, 0.15) is 5.82 Å². The number of carbonyl (C=O) groups excluding carboxylic acids is 1. The number of aromatic nitrogens is 1. The number of aliphatic hydroxyl groups is 1. The van der Waals surface area contributed by atoms with Crippen molar-refractivity contribution in [3.8, 4) is 0 Å². The van der Waals surface area contributed by atoms with E-state index in [2.05, 4.69) is 44.5 Å². The summed E-state index contributed by atoms with van der Waals surface area (Å²) in [5.74, 6) is 0.959. The number of fused-ring (bicyclic) bond motifs is 1. The molecular weight excluding hydrogens is 484 g/mol. The fourth-order valence-electron chi connectivity index (χ4n) is 5.40. The maximum absolute atomic E-state index is 12.8. The van der Waals surface area contributed by atoms with Crippen molar-refractivity contribution >= 4 is 51.1 Å². The van der Waals surface area contributed by atoms with Crippen LogP contribution in [0.2, 0.25) is 5.02 Å². The number of hydrogen-bond donors (Lipinski definition) is 2. The van der Waals surface area contributed by atoms with Gasteiger partial charge >= 0.3 is 0 Å². The molecule has 6 rings (SSSR count). The van der Waals surface area contributed by atoms with Gasteiger partial charge in [-0.1, -0.05) is 17.7 Å². The van der Waals surface area contributed by atoms with Crippen molar-refractivity contribution in [3.63, 3.8) is 0 Å². The summed E-state index contributed by atoms with van der Waals surface area (Å²) in [6, 6.07) is 10.1. The largest absolute Gasteiger partial charge is 0.389 e. The molecule has 184 valence electrons. The summed E-state index contributed by atoms with van der Waals surface area (Å²) in [7, 11) is 0. The normalized spacial score (nSPS) is 29.0. The van der Waals surface area contributed by atoms with Gasteiger partial charge in [0.15, 0.2) is 0 Å². The van der Waals surface area contributed by atoms with E-state index in [1.807, 2.05) is 18.2 Å². The van der Waals surface area contributed by atoms with E-state index in [1.165, 1.54) is 4.88 Å². The number of anilines is 2. The van der Waals surface area contributed by atoms with E-state index >= 15 is 0 Å². The number of rotatable bonds is 5. The van der Waals surface area contributed by atoms with Crippen LogP contribution in [0.25, 0.3) is 10.8 Å². The highest BCUT2D eigenvalue weighted by Gasteiger charge is 2.45. The summed E-state index contributed by atoms with van der Waals surface area (Å²) in [4.78, 5) is 23.1. The first kappa shape index (κ1) is 23.2. The minimum Gasteiger partial charge on any atom is -0.389 e. The standard InChI is InChI=1S/C26H29ClN4O3S/c1-26(15-34-14-23(26)32)31-6-4-30(5-7-31)21-10-16-11-24(28-13-17(16)9-20(21)27)29-25(33)19-12-18(19)22-3-2-8-35-22/h2-3,8-11,13,18-19,23,32H,4-7,12,14-15H2,1H3,(H,28,29,33)/t18-,19?,23+,26-/m1/s1. The molecule has 3 aliphatic rings. The Morgan fingerprint density at radius 3 is 2.80 bits per heavy atom. The SMILES string of the molecule is C[C@@]1(N2CCN(c3cc4cc(NC(=O)C5C[C@H]5c5cccs5)ncc4cc3Cl)CC2)COC[C@@H]1O. The molecule has 0 bridgehead atoms. The molecule has 2 saturated heterocycles. The average Bonchev–Trinajstić information content (AvgIpc) is 3.32. The molecule has 3 aromatic rings. The number of benzene rings is 1. The quantitative estimate of drug-likeness (QED) is 0.539. The van der Waals surface area contributed by atoms with Crippen LogP contribution in [0.4, 0.5) is 11.5 Å². The Morgan fingerprint density at radius 1 is 1.26 bits per heavy atom. The van der Waals surface area contributed by atoms with Crippen LogP contribution in [0, 0.1) is 5.92 Å². The Balaban J connectivity index is 1.15. The number of ether oxygens (including phenoxy) is 1. The molecule has 2 N–H and O–H groups in total. The van der Waals surface area contributed by atoms with Gasteiger partial charge in [0, 0.05) is 54.5 Å². The lowest BCUT2D eigenvalue weighted by Gasteiger charge is -2.45. The minimum absolute atomic E-state index is 0.0221. The molecule has 4 heterocycles. The fourth-order valence-corrected chi connectivity index (χ4v) is 6.60. The zero-order valence-corrected chi connectivity index (χ0v) is 21.2. The third-order valence-electron chi connectivity index (χ3n) is 7.81. The summed E-state index contributed by atoms with van der Waals surface area (Å²) < 4.78 is 5.52. The van der Waals surface area contributed by atoms with Crippen LogP contribution in [-0.4, -0.2) is 71.9 Å². The first-order chi connectivity index (χ1) is 16.9. The summed E-state index contributed by atoms with van der Waals surface area (Å²) in [6.45, 7) is 6.32. The number of pyridine rings is 1. The van der Waals surface area contributed by atoms with Crippen LogP contribution in [0.3, 0.4) is 0 Å². The molecular formula is C26H29ClN4O3S. The third-order valence-corrected chi connectivity index (χ3v) is 9.11. The number of halogens is 1. The lowest BCUT2D eigenvalue weighted by Crippen LogP contribution is -2.60. The van der Waals surface area contributed by atoms with Crippen LogP contribution in [0.15, 0.2) is 41.9 Å². The van der Waals surface area contributed by atoms with Crippen molar-refractivity contribution in [2.24, 2.45) is 5.92 Å². The summed E-state index contributed by atoms with van der Waals surface area (Å²) in [5, 5.41) is 18.1. The van der Waals surface area contributed by atoms with Crippen molar-refractivity contribution in [1.29, 1.82) is 0 Å². The van der Waals surface area contributed by atoms with E-state index < -0.39 is 6.10 Å². The maximum Gasteiger partial charge on any atom is 0.229 e. The first-order valence-electron chi connectivity index (χ1n) is 12.1. The monoisotopic (exact) mass is 512 g/mol. The van der Waals surface area contributed by atoms with Crippen molar-refractivity contribution in [2.45, 2.75) is 30.9 Å². The van der Waals surface area contributed by atoms with E-state index in [0.29, 0.717) is 30.0 Å². The third kappa shape index (κ3) is 4.32. The first-order valence-corrected chi connectivity index (χ1v) is 13.4. The topological polar surface area (TPSA) is 77.9 Å². The molecule has 2 aromatic heterocycles. The van der Waals surface area contributed by atoms with Crippen LogP contribution in [0.1, 0.15) is 24.1 Å². The van der Waals surface area contributed by atoms with Crippen LogP contribution in [-0.2, 0) is 9.53 Å². The molecule has 0 spiro atoms. The van der Waals surface area contributed by atoms with E-state index in [1.54, 1.807) is 17.5 Å². The van der Waals surface area contributed by atoms with Crippen LogP contribution in [0.5, 0.6) is 0 Å². The van der Waals surface area contributed by atoms with Gasteiger partial charge in [-0.2, -0.15) is 0 Å². The number of aliphatic hydroxyl groups excluding tert-OH is 1. The maximum atomic E-state index is 12.8. The van der Waals surface area contributed by atoms with Gasteiger partial charge in [-0.05, 0) is 48.4 Å². The summed E-state index contributed by atoms with van der Waals surface area (Å²) in [6.07, 6.45) is 2.20. The van der Waals surface area contributed by atoms with Crippen molar-refractivity contribution in [1.82, 2.24) is 9.88 Å². The second-order valence-corrected chi connectivity index (χ2v) is 11.4. The summed E-state index contributed by atoms with van der Waals surface area (Å²) >= 11 is 8.39. The van der Waals surface area contributed by atoms with Gasteiger partial charge in [0.25, 0.3) is 0 Å². The second kappa shape index (κ2) is 9.01. The molecule has 2 aliphatic heterocycles. The highest BCUT2D eigenvalue weighted by molar-refractivity contribution is 7.10. The molecule has 1 unspecified atom stereocenters. The molecule has 9 heteroatoms. The molecule has 0 radical (unpaired) electrons. The van der Waals surface area contributed by atoms with E-state index in [-0.39, 0.29) is 17.4 Å². The molecule has 1 saturated carbocycles. The predicted molar refractivity (Wildman–Crippen MR) is 140 cm³/mol. The Kier molecular flexibility index (Phi) is 5.97. The molecule has 35 heavy (non-hydrogen) atoms. The lowest BCUT2D eigenvalue weighted by molar-refractivity contribution is -0.117. The van der Waals surface area contributed by atoms with Crippen molar-refractivity contribution in [2.75, 3.05) is 49.6 Å². The van der Waals surface area contributed by atoms with Gasteiger partial charge in [-0.15, -0.1) is 11.3 Å². The zero-order valence-electron chi connectivity index (χ0n) is 19.6. The molecule has 3 fully saturated rings. The molecule has 1 aliphatic carbocycles. The van der Waals surface area contributed by atoms with Gasteiger partial charge in [0.2, 0.25) is 5.91 Å². The Bertz CT molecular complexity index is 1250. The number of nitrogens with zero attached hydrogens (tertiary/aromatic N) is 3. The number of amides is 1. The van der Waals surface area contributed by atoms with Gasteiger partial charge in [-0.3, -0.25) is 9.69 Å². The van der Waals surface area contributed by atoms with E-state index in [0.717, 1.165) is 49.1 Å². The fraction of sp³-hybridized carbons (Fsp3) is 0.462. The van der Waals surface area contributed by atoms with Crippen molar-refractivity contribution in [3.05, 3.63) is 51.8 Å². The number of thiophene rings is 1. The second-order valence-electron chi connectivity index (χ2n) is 10.0.